The summed E-state index contributed by atoms with van der Waals surface area (Å²) >= 11 is 0. The second-order valence-electron chi connectivity index (χ2n) is 5.05. The van der Waals surface area contributed by atoms with Gasteiger partial charge < -0.3 is 5.32 Å². The monoisotopic (exact) mass is 306 g/mol. The van der Waals surface area contributed by atoms with Gasteiger partial charge in [0.2, 0.25) is 5.91 Å². The minimum Gasteiger partial charge on any atom is -0.323 e. The van der Waals surface area contributed by atoms with E-state index in [2.05, 4.69) is 10.4 Å². The van der Waals surface area contributed by atoms with Gasteiger partial charge in [-0.05, 0) is 24.6 Å². The summed E-state index contributed by atoms with van der Waals surface area (Å²) in [6, 6.07) is 4.43. The van der Waals surface area contributed by atoms with Gasteiger partial charge in [0.25, 0.3) is 0 Å². The molecule has 0 aliphatic rings. The second-order valence-corrected chi connectivity index (χ2v) is 5.05. The lowest BCUT2D eigenvalue weighted by atomic mass is 10.1. The number of carbonyl (C=O) groups excluding carboxylic acids is 1. The van der Waals surface area contributed by atoms with Crippen LogP contribution in [0.15, 0.2) is 30.6 Å². The summed E-state index contributed by atoms with van der Waals surface area (Å²) in [7, 11) is 0. The van der Waals surface area contributed by atoms with Crippen LogP contribution < -0.4 is 5.32 Å². The highest BCUT2D eigenvalue weighted by Crippen LogP contribution is 2.17. The van der Waals surface area contributed by atoms with E-state index >= 15 is 0 Å². The van der Waals surface area contributed by atoms with Crippen LogP contribution in [0.2, 0.25) is 0 Å². The van der Waals surface area contributed by atoms with E-state index in [0.717, 1.165) is 11.8 Å². The van der Waals surface area contributed by atoms with E-state index in [4.69, 9.17) is 0 Å². The standard InChI is InChI=1S/C14H15FN4O3/c1-9-3-4-12(15)13(5-9)17-14(20)10(2)7-18-8-11(6-16-18)19(21)22/h3-6,8,10H,7H2,1-2H3,(H,17,20). The average molecular weight is 306 g/mol. The summed E-state index contributed by atoms with van der Waals surface area (Å²) in [6.45, 7) is 3.59. The molecule has 0 radical (unpaired) electrons. The molecule has 0 fully saturated rings. The fourth-order valence-electron chi connectivity index (χ4n) is 1.90. The van der Waals surface area contributed by atoms with E-state index in [0.29, 0.717) is 0 Å². The number of nitrogens with zero attached hydrogens (tertiary/aromatic N) is 3. The molecule has 0 spiro atoms. The van der Waals surface area contributed by atoms with E-state index in [9.17, 15) is 19.3 Å². The SMILES string of the molecule is Cc1ccc(F)c(NC(=O)C(C)Cn2cc([N+](=O)[O-])cn2)c1. The van der Waals surface area contributed by atoms with Crippen LogP contribution in [0, 0.1) is 28.8 Å². The highest BCUT2D eigenvalue weighted by Gasteiger charge is 2.17. The van der Waals surface area contributed by atoms with Crippen LogP contribution in [0.5, 0.6) is 0 Å². The molecule has 116 valence electrons. The second kappa shape index (κ2) is 6.33. The van der Waals surface area contributed by atoms with Gasteiger partial charge in [-0.3, -0.25) is 19.6 Å². The first-order chi connectivity index (χ1) is 10.4. The maximum atomic E-state index is 13.6. The zero-order chi connectivity index (χ0) is 16.3. The molecule has 1 aromatic carbocycles. The lowest BCUT2D eigenvalue weighted by molar-refractivity contribution is -0.385. The molecule has 2 aromatic rings. The van der Waals surface area contributed by atoms with Gasteiger partial charge in [-0.1, -0.05) is 13.0 Å². The maximum Gasteiger partial charge on any atom is 0.306 e. The number of carbonyl (C=O) groups is 1. The van der Waals surface area contributed by atoms with Gasteiger partial charge in [-0.15, -0.1) is 0 Å². The molecule has 1 heterocycles. The van der Waals surface area contributed by atoms with Crippen LogP contribution in [0.25, 0.3) is 0 Å². The van der Waals surface area contributed by atoms with E-state index in [-0.39, 0.29) is 23.8 Å². The van der Waals surface area contributed by atoms with Crippen molar-refractivity contribution < 1.29 is 14.1 Å². The topological polar surface area (TPSA) is 90.1 Å². The zero-order valence-electron chi connectivity index (χ0n) is 12.1. The van der Waals surface area contributed by atoms with E-state index in [1.807, 2.05) is 0 Å². The number of halogens is 1. The Morgan fingerprint density at radius 3 is 2.91 bits per heavy atom. The summed E-state index contributed by atoms with van der Waals surface area (Å²) in [5.41, 5.74) is 0.799. The molecule has 0 bridgehead atoms. The Labute approximate surface area is 125 Å². The Bertz CT molecular complexity index is 714. The summed E-state index contributed by atoms with van der Waals surface area (Å²) in [4.78, 5) is 22.1. The van der Waals surface area contributed by atoms with Gasteiger partial charge >= 0.3 is 5.69 Å². The van der Waals surface area contributed by atoms with Crippen LogP contribution >= 0.6 is 0 Å². The molecule has 1 amide bonds. The lowest BCUT2D eigenvalue weighted by Gasteiger charge is -2.13. The van der Waals surface area contributed by atoms with E-state index in [1.165, 1.54) is 16.9 Å². The van der Waals surface area contributed by atoms with Crippen molar-refractivity contribution in [3.8, 4) is 0 Å². The maximum absolute atomic E-state index is 13.6. The first kappa shape index (κ1) is 15.6. The number of amides is 1. The van der Waals surface area contributed by atoms with Crippen molar-refractivity contribution in [1.82, 2.24) is 9.78 Å². The fraction of sp³-hybridized carbons (Fsp3) is 0.286. The van der Waals surface area contributed by atoms with Gasteiger partial charge in [-0.25, -0.2) is 4.39 Å². The predicted molar refractivity (Wildman–Crippen MR) is 77.8 cm³/mol. The molecule has 22 heavy (non-hydrogen) atoms. The van der Waals surface area contributed by atoms with E-state index in [1.54, 1.807) is 26.0 Å². The summed E-state index contributed by atoms with van der Waals surface area (Å²) < 4.78 is 14.9. The first-order valence-electron chi connectivity index (χ1n) is 6.60. The number of aromatic nitrogens is 2. The number of hydrogen-bond acceptors (Lipinski definition) is 4. The molecular weight excluding hydrogens is 291 g/mol. The Kier molecular flexibility index (Phi) is 4.50. The Hall–Kier alpha value is -2.77. The number of benzene rings is 1. The third-order valence-corrected chi connectivity index (χ3v) is 3.12. The third-order valence-electron chi connectivity index (χ3n) is 3.12. The number of anilines is 1. The van der Waals surface area contributed by atoms with Crippen molar-refractivity contribution >= 4 is 17.3 Å². The van der Waals surface area contributed by atoms with Crippen molar-refractivity contribution in [3.63, 3.8) is 0 Å². The van der Waals surface area contributed by atoms with Gasteiger partial charge in [0.05, 0.1) is 23.1 Å². The molecule has 1 atom stereocenters. The lowest BCUT2D eigenvalue weighted by Crippen LogP contribution is -2.25. The minimum absolute atomic E-state index is 0.114. The van der Waals surface area contributed by atoms with Crippen LogP contribution in [0.4, 0.5) is 15.8 Å². The normalized spacial score (nSPS) is 12.0. The molecule has 0 saturated carbocycles. The molecule has 8 heteroatoms. The zero-order valence-corrected chi connectivity index (χ0v) is 12.1. The van der Waals surface area contributed by atoms with Gasteiger partial charge in [0.15, 0.2) is 0 Å². The fourth-order valence-corrected chi connectivity index (χ4v) is 1.90. The Morgan fingerprint density at radius 1 is 1.55 bits per heavy atom. The number of aryl methyl sites for hydroxylation is 1. The van der Waals surface area contributed by atoms with Crippen molar-refractivity contribution in [1.29, 1.82) is 0 Å². The van der Waals surface area contributed by atoms with Crippen LogP contribution in [-0.2, 0) is 11.3 Å². The van der Waals surface area contributed by atoms with E-state index < -0.39 is 16.7 Å². The van der Waals surface area contributed by atoms with Crippen molar-refractivity contribution in [2.24, 2.45) is 5.92 Å². The van der Waals surface area contributed by atoms with Crippen molar-refractivity contribution in [2.75, 3.05) is 5.32 Å². The van der Waals surface area contributed by atoms with Gasteiger partial charge in [0.1, 0.15) is 18.2 Å². The number of hydrogen-bond donors (Lipinski definition) is 1. The summed E-state index contributed by atoms with van der Waals surface area (Å²) in [5, 5.41) is 16.9. The molecule has 1 aromatic heterocycles. The Balaban J connectivity index is 2.02. The molecule has 1 unspecified atom stereocenters. The highest BCUT2D eigenvalue weighted by atomic mass is 19.1. The molecule has 0 aliphatic heterocycles. The minimum atomic E-state index is -0.559. The molecule has 0 aliphatic carbocycles. The van der Waals surface area contributed by atoms with Crippen LogP contribution in [-0.4, -0.2) is 20.6 Å². The van der Waals surface area contributed by atoms with Crippen molar-refractivity contribution in [2.45, 2.75) is 20.4 Å². The van der Waals surface area contributed by atoms with Crippen LogP contribution in [0.3, 0.4) is 0 Å². The molecular formula is C14H15FN4O3. The molecule has 0 saturated heterocycles. The third kappa shape index (κ3) is 3.66. The molecule has 7 nitrogen and oxygen atoms in total. The average Bonchev–Trinajstić information content (AvgIpc) is 2.91. The van der Waals surface area contributed by atoms with Crippen molar-refractivity contribution in [3.05, 3.63) is 52.1 Å². The number of rotatable bonds is 5. The summed E-state index contributed by atoms with van der Waals surface area (Å²) in [5.74, 6) is -1.43. The van der Waals surface area contributed by atoms with Crippen LogP contribution in [0.1, 0.15) is 12.5 Å². The van der Waals surface area contributed by atoms with Gasteiger partial charge in [-0.2, -0.15) is 5.10 Å². The summed E-state index contributed by atoms with van der Waals surface area (Å²) in [6.07, 6.45) is 2.36. The predicted octanol–water partition coefficient (Wildman–Crippen LogP) is 2.51. The first-order valence-corrected chi connectivity index (χ1v) is 6.60. The quantitative estimate of drug-likeness (QED) is 0.679. The Morgan fingerprint density at radius 2 is 2.27 bits per heavy atom. The number of nitro groups is 1. The van der Waals surface area contributed by atoms with Gasteiger partial charge in [0, 0.05) is 0 Å². The number of nitrogens with one attached hydrogen (secondary N) is 1. The highest BCUT2D eigenvalue weighted by molar-refractivity contribution is 5.92. The molecule has 1 N–H and O–H groups in total. The smallest absolute Gasteiger partial charge is 0.306 e. The molecule has 2 rings (SSSR count). The largest absolute Gasteiger partial charge is 0.323 e.